The SMILES string of the molecule is CCOC(=O)c1[nH]c(C)c(C(=O)OC(C)C(=O)Nc2cccc(Cl)c2)c1C. The maximum Gasteiger partial charge on any atom is 0.355 e. The summed E-state index contributed by atoms with van der Waals surface area (Å²) < 4.78 is 10.2. The Morgan fingerprint density at radius 3 is 2.56 bits per heavy atom. The number of aromatic amines is 1. The normalized spacial score (nSPS) is 11.6. The number of amides is 1. The topological polar surface area (TPSA) is 97.5 Å². The minimum atomic E-state index is -1.05. The van der Waals surface area contributed by atoms with E-state index in [4.69, 9.17) is 21.1 Å². The summed E-state index contributed by atoms with van der Waals surface area (Å²) in [6, 6.07) is 6.63. The van der Waals surface area contributed by atoms with E-state index in [0.29, 0.717) is 22.0 Å². The Morgan fingerprint density at radius 1 is 1.22 bits per heavy atom. The highest BCUT2D eigenvalue weighted by atomic mass is 35.5. The fourth-order valence-corrected chi connectivity index (χ4v) is 2.74. The average molecular weight is 393 g/mol. The average Bonchev–Trinajstić information content (AvgIpc) is 2.89. The van der Waals surface area contributed by atoms with Crippen molar-refractivity contribution in [2.45, 2.75) is 33.8 Å². The van der Waals surface area contributed by atoms with Crippen molar-refractivity contribution in [1.82, 2.24) is 4.98 Å². The van der Waals surface area contributed by atoms with Gasteiger partial charge in [0.05, 0.1) is 12.2 Å². The van der Waals surface area contributed by atoms with Gasteiger partial charge >= 0.3 is 11.9 Å². The quantitative estimate of drug-likeness (QED) is 0.731. The molecule has 0 spiro atoms. The predicted octanol–water partition coefficient (Wildman–Crippen LogP) is 3.65. The van der Waals surface area contributed by atoms with E-state index in [1.807, 2.05) is 0 Å². The molecule has 27 heavy (non-hydrogen) atoms. The maximum absolute atomic E-state index is 12.5. The molecule has 0 saturated heterocycles. The fraction of sp³-hybridized carbons (Fsp3) is 0.316. The molecule has 1 atom stereocenters. The fourth-order valence-electron chi connectivity index (χ4n) is 2.55. The van der Waals surface area contributed by atoms with Gasteiger partial charge in [-0.2, -0.15) is 0 Å². The van der Waals surface area contributed by atoms with E-state index in [1.54, 1.807) is 45.0 Å². The first-order valence-corrected chi connectivity index (χ1v) is 8.76. The highest BCUT2D eigenvalue weighted by molar-refractivity contribution is 6.30. The molecule has 1 amide bonds. The zero-order valence-electron chi connectivity index (χ0n) is 15.5. The molecular formula is C19H21ClN2O5. The van der Waals surface area contributed by atoms with Crippen molar-refractivity contribution in [3.63, 3.8) is 0 Å². The molecular weight excluding hydrogens is 372 g/mol. The third-order valence-electron chi connectivity index (χ3n) is 3.87. The number of hydrogen-bond donors (Lipinski definition) is 2. The van der Waals surface area contributed by atoms with E-state index < -0.39 is 23.9 Å². The lowest BCUT2D eigenvalue weighted by Crippen LogP contribution is -2.30. The first-order chi connectivity index (χ1) is 12.7. The highest BCUT2D eigenvalue weighted by Crippen LogP contribution is 2.21. The molecule has 2 rings (SSSR count). The van der Waals surface area contributed by atoms with E-state index >= 15 is 0 Å². The lowest BCUT2D eigenvalue weighted by atomic mass is 10.1. The Kier molecular flexibility index (Phi) is 6.63. The van der Waals surface area contributed by atoms with E-state index in [1.165, 1.54) is 6.92 Å². The number of esters is 2. The summed E-state index contributed by atoms with van der Waals surface area (Å²) >= 11 is 5.88. The summed E-state index contributed by atoms with van der Waals surface area (Å²) in [4.78, 5) is 39.5. The summed E-state index contributed by atoms with van der Waals surface area (Å²) in [7, 11) is 0. The molecule has 0 fully saturated rings. The maximum atomic E-state index is 12.5. The molecule has 7 nitrogen and oxygen atoms in total. The van der Waals surface area contributed by atoms with E-state index in [2.05, 4.69) is 10.3 Å². The van der Waals surface area contributed by atoms with Gasteiger partial charge in [0, 0.05) is 16.4 Å². The van der Waals surface area contributed by atoms with Crippen LogP contribution in [-0.4, -0.2) is 35.5 Å². The lowest BCUT2D eigenvalue weighted by molar-refractivity contribution is -0.123. The lowest BCUT2D eigenvalue weighted by Gasteiger charge is -2.14. The molecule has 1 aromatic carbocycles. The molecule has 0 aliphatic carbocycles. The summed E-state index contributed by atoms with van der Waals surface area (Å²) in [5.74, 6) is -1.75. The second-order valence-electron chi connectivity index (χ2n) is 5.89. The number of carbonyl (C=O) groups is 3. The molecule has 2 aromatic rings. The van der Waals surface area contributed by atoms with Crippen molar-refractivity contribution in [2.75, 3.05) is 11.9 Å². The standard InChI is InChI=1S/C19H21ClN2O5/c1-5-26-19(25)16-10(2)15(11(3)21-16)18(24)27-12(4)17(23)22-14-8-6-7-13(20)9-14/h6-9,12,21H,5H2,1-4H3,(H,22,23). The molecule has 1 aromatic heterocycles. The van der Waals surface area contributed by atoms with Gasteiger partial charge < -0.3 is 19.8 Å². The van der Waals surface area contributed by atoms with Gasteiger partial charge in [0.15, 0.2) is 6.10 Å². The minimum absolute atomic E-state index is 0.192. The van der Waals surface area contributed by atoms with Crippen molar-refractivity contribution in [2.24, 2.45) is 0 Å². The molecule has 1 unspecified atom stereocenters. The van der Waals surface area contributed by atoms with Gasteiger partial charge in [-0.15, -0.1) is 0 Å². The van der Waals surface area contributed by atoms with Crippen LogP contribution in [0.2, 0.25) is 5.02 Å². The van der Waals surface area contributed by atoms with E-state index in [0.717, 1.165) is 0 Å². The summed E-state index contributed by atoms with van der Waals surface area (Å²) in [5.41, 5.74) is 1.77. The monoisotopic (exact) mass is 392 g/mol. The number of carbonyl (C=O) groups excluding carboxylic acids is 3. The van der Waals surface area contributed by atoms with Crippen LogP contribution >= 0.6 is 11.6 Å². The second kappa shape index (κ2) is 8.73. The molecule has 2 N–H and O–H groups in total. The van der Waals surface area contributed by atoms with Gasteiger partial charge in [-0.05, 0) is 51.5 Å². The molecule has 0 aliphatic heterocycles. The van der Waals surface area contributed by atoms with E-state index in [-0.39, 0.29) is 17.9 Å². The number of benzene rings is 1. The van der Waals surface area contributed by atoms with Crippen molar-refractivity contribution in [1.29, 1.82) is 0 Å². The van der Waals surface area contributed by atoms with Crippen LogP contribution in [0.3, 0.4) is 0 Å². The van der Waals surface area contributed by atoms with Gasteiger partial charge in [-0.25, -0.2) is 9.59 Å². The molecule has 144 valence electrons. The molecule has 1 heterocycles. The largest absolute Gasteiger partial charge is 0.461 e. The third-order valence-corrected chi connectivity index (χ3v) is 4.10. The Bertz CT molecular complexity index is 875. The van der Waals surface area contributed by atoms with Crippen molar-refractivity contribution in [3.05, 3.63) is 51.8 Å². The van der Waals surface area contributed by atoms with Crippen molar-refractivity contribution < 1.29 is 23.9 Å². The molecule has 0 radical (unpaired) electrons. The number of H-pyrrole nitrogens is 1. The minimum Gasteiger partial charge on any atom is -0.461 e. The Balaban J connectivity index is 2.10. The second-order valence-corrected chi connectivity index (χ2v) is 6.33. The van der Waals surface area contributed by atoms with Crippen LogP contribution in [0.15, 0.2) is 24.3 Å². The number of hydrogen-bond acceptors (Lipinski definition) is 5. The van der Waals surface area contributed by atoms with Crippen LogP contribution in [0, 0.1) is 13.8 Å². The molecule has 0 bridgehead atoms. The Labute approximate surface area is 162 Å². The molecule has 0 saturated carbocycles. The third kappa shape index (κ3) is 4.89. The number of nitrogens with one attached hydrogen (secondary N) is 2. The summed E-state index contributed by atoms with van der Waals surface area (Å²) in [5, 5.41) is 3.10. The van der Waals surface area contributed by atoms with Gasteiger partial charge in [-0.1, -0.05) is 17.7 Å². The van der Waals surface area contributed by atoms with Crippen LogP contribution in [0.4, 0.5) is 5.69 Å². The molecule has 0 aliphatic rings. The number of rotatable bonds is 6. The Morgan fingerprint density at radius 2 is 1.93 bits per heavy atom. The van der Waals surface area contributed by atoms with Gasteiger partial charge in [0.25, 0.3) is 5.91 Å². The number of anilines is 1. The number of aryl methyl sites for hydroxylation is 1. The first-order valence-electron chi connectivity index (χ1n) is 8.38. The zero-order chi connectivity index (χ0) is 20.1. The van der Waals surface area contributed by atoms with Crippen LogP contribution in [0.5, 0.6) is 0 Å². The number of halogens is 1. The van der Waals surface area contributed by atoms with Gasteiger partial charge in [-0.3, -0.25) is 4.79 Å². The highest BCUT2D eigenvalue weighted by Gasteiger charge is 2.26. The van der Waals surface area contributed by atoms with Crippen LogP contribution in [-0.2, 0) is 14.3 Å². The van der Waals surface area contributed by atoms with Crippen molar-refractivity contribution in [3.8, 4) is 0 Å². The van der Waals surface area contributed by atoms with Gasteiger partial charge in [0.1, 0.15) is 5.69 Å². The smallest absolute Gasteiger partial charge is 0.355 e. The summed E-state index contributed by atoms with van der Waals surface area (Å²) in [6.07, 6.45) is -1.05. The number of aromatic nitrogens is 1. The first kappa shape index (κ1) is 20.5. The number of ether oxygens (including phenoxy) is 2. The van der Waals surface area contributed by atoms with E-state index in [9.17, 15) is 14.4 Å². The summed E-state index contributed by atoms with van der Waals surface area (Å²) in [6.45, 7) is 6.63. The Hall–Kier alpha value is -2.80. The molecule has 8 heteroatoms. The van der Waals surface area contributed by atoms with Crippen molar-refractivity contribution >= 4 is 35.1 Å². The van der Waals surface area contributed by atoms with Crippen LogP contribution in [0.1, 0.15) is 46.0 Å². The van der Waals surface area contributed by atoms with Gasteiger partial charge in [0.2, 0.25) is 0 Å². The van der Waals surface area contributed by atoms with Crippen LogP contribution in [0.25, 0.3) is 0 Å². The van der Waals surface area contributed by atoms with Crippen LogP contribution < -0.4 is 5.32 Å². The zero-order valence-corrected chi connectivity index (χ0v) is 16.3. The predicted molar refractivity (Wildman–Crippen MR) is 101 cm³/mol.